The minimum atomic E-state index is -4.48. The van der Waals surface area contributed by atoms with Crippen LogP contribution in [0.15, 0.2) is 12.3 Å². The molecular formula is C18H18F3N5OS. The van der Waals surface area contributed by atoms with Gasteiger partial charge in [-0.1, -0.05) is 0 Å². The van der Waals surface area contributed by atoms with E-state index in [0.717, 1.165) is 21.8 Å². The zero-order valence-corrected chi connectivity index (χ0v) is 16.3. The van der Waals surface area contributed by atoms with Gasteiger partial charge in [0.2, 0.25) is 0 Å². The van der Waals surface area contributed by atoms with E-state index >= 15 is 0 Å². The molecule has 10 heteroatoms. The zero-order valence-electron chi connectivity index (χ0n) is 15.5. The van der Waals surface area contributed by atoms with Gasteiger partial charge in [0.05, 0.1) is 17.6 Å². The minimum Gasteiger partial charge on any atom is -0.340 e. The fourth-order valence-corrected chi connectivity index (χ4v) is 4.07. The van der Waals surface area contributed by atoms with Gasteiger partial charge in [0.1, 0.15) is 11.6 Å². The van der Waals surface area contributed by atoms with Crippen LogP contribution in [0.25, 0.3) is 16.9 Å². The van der Waals surface area contributed by atoms with Crippen molar-refractivity contribution in [3.05, 3.63) is 34.1 Å². The molecule has 28 heavy (non-hydrogen) atoms. The second-order valence-corrected chi connectivity index (χ2v) is 8.08. The first-order chi connectivity index (χ1) is 13.2. The highest BCUT2D eigenvalue weighted by Gasteiger charge is 2.49. The highest BCUT2D eigenvalue weighted by Crippen LogP contribution is 2.40. The fraction of sp³-hybridized carbons (Fsp3) is 0.444. The lowest BCUT2D eigenvalue weighted by Crippen LogP contribution is -2.46. The van der Waals surface area contributed by atoms with E-state index in [0.29, 0.717) is 18.5 Å². The van der Waals surface area contributed by atoms with Crippen LogP contribution in [0.2, 0.25) is 0 Å². The Labute approximate surface area is 163 Å². The number of amides is 1. The molecule has 4 rings (SSSR count). The zero-order chi connectivity index (χ0) is 20.2. The van der Waals surface area contributed by atoms with Crippen LogP contribution in [-0.2, 0) is 0 Å². The summed E-state index contributed by atoms with van der Waals surface area (Å²) in [5.41, 5.74) is 3.29. The first-order valence-corrected chi connectivity index (χ1v) is 9.60. The summed E-state index contributed by atoms with van der Waals surface area (Å²) in [5, 5.41) is 6.28. The minimum absolute atomic E-state index is 0.0262. The van der Waals surface area contributed by atoms with Crippen LogP contribution in [0, 0.1) is 26.7 Å². The summed E-state index contributed by atoms with van der Waals surface area (Å²) in [6, 6.07) is -0.0153. The van der Waals surface area contributed by atoms with E-state index in [1.165, 1.54) is 22.2 Å². The molecule has 0 bridgehead atoms. The second kappa shape index (κ2) is 6.54. The molecule has 1 aliphatic carbocycles. The van der Waals surface area contributed by atoms with Crippen molar-refractivity contribution in [1.29, 1.82) is 0 Å². The molecule has 3 aromatic heterocycles. The molecule has 1 amide bonds. The van der Waals surface area contributed by atoms with Crippen molar-refractivity contribution in [3.63, 3.8) is 0 Å². The lowest BCUT2D eigenvalue weighted by Gasteiger charge is -2.20. The molecular weight excluding hydrogens is 391 g/mol. The third-order valence-electron chi connectivity index (χ3n) is 4.92. The number of fused-ring (bicyclic) bond motifs is 1. The van der Waals surface area contributed by atoms with Gasteiger partial charge in [0.25, 0.3) is 5.91 Å². The predicted molar refractivity (Wildman–Crippen MR) is 98.3 cm³/mol. The third kappa shape index (κ3) is 3.25. The first-order valence-electron chi connectivity index (χ1n) is 8.83. The van der Waals surface area contributed by atoms with Crippen molar-refractivity contribution >= 4 is 23.1 Å². The summed E-state index contributed by atoms with van der Waals surface area (Å²) in [7, 11) is 0. The number of nitrogens with zero attached hydrogens (tertiary/aromatic N) is 4. The lowest BCUT2D eigenvalue weighted by molar-refractivity contribution is -0.158. The van der Waals surface area contributed by atoms with E-state index < -0.39 is 24.0 Å². The fourth-order valence-electron chi connectivity index (χ4n) is 3.37. The van der Waals surface area contributed by atoms with Crippen molar-refractivity contribution in [2.75, 3.05) is 0 Å². The van der Waals surface area contributed by atoms with Crippen molar-refractivity contribution in [2.24, 2.45) is 5.92 Å². The molecule has 0 aliphatic heterocycles. The van der Waals surface area contributed by atoms with Gasteiger partial charge in [0.15, 0.2) is 5.65 Å². The average molecular weight is 409 g/mol. The predicted octanol–water partition coefficient (Wildman–Crippen LogP) is 3.85. The van der Waals surface area contributed by atoms with Gasteiger partial charge in [-0.3, -0.25) is 4.79 Å². The molecule has 0 saturated heterocycles. The molecule has 3 heterocycles. The van der Waals surface area contributed by atoms with E-state index in [9.17, 15) is 18.0 Å². The largest absolute Gasteiger partial charge is 0.408 e. The highest BCUT2D eigenvalue weighted by molar-refractivity contribution is 7.06. The Bertz CT molecular complexity index is 1050. The molecule has 3 aromatic rings. The van der Waals surface area contributed by atoms with Crippen LogP contribution in [0.1, 0.15) is 39.5 Å². The Balaban J connectivity index is 1.75. The number of carbonyl (C=O) groups excluding carboxylic acids is 1. The van der Waals surface area contributed by atoms with E-state index in [-0.39, 0.29) is 11.2 Å². The number of carbonyl (C=O) groups is 1. The summed E-state index contributed by atoms with van der Waals surface area (Å²) in [6.45, 7) is 5.60. The van der Waals surface area contributed by atoms with Crippen LogP contribution >= 0.6 is 11.5 Å². The Hall–Kier alpha value is -2.49. The normalized spacial score (nSPS) is 15.8. The maximum atomic E-state index is 13.3. The van der Waals surface area contributed by atoms with Crippen molar-refractivity contribution in [3.8, 4) is 11.3 Å². The molecule has 0 unspecified atom stereocenters. The van der Waals surface area contributed by atoms with Crippen molar-refractivity contribution in [1.82, 2.24) is 24.3 Å². The van der Waals surface area contributed by atoms with Gasteiger partial charge in [-0.15, -0.1) is 0 Å². The number of halogens is 3. The van der Waals surface area contributed by atoms with Gasteiger partial charge in [-0.25, -0.2) is 9.50 Å². The molecule has 6 nitrogen and oxygen atoms in total. The Morgan fingerprint density at radius 2 is 2.04 bits per heavy atom. The summed E-state index contributed by atoms with van der Waals surface area (Å²) < 4.78 is 45.6. The van der Waals surface area contributed by atoms with Crippen molar-refractivity contribution in [2.45, 2.75) is 45.8 Å². The maximum absolute atomic E-state index is 13.3. The molecule has 0 aromatic carbocycles. The monoisotopic (exact) mass is 409 g/mol. The summed E-state index contributed by atoms with van der Waals surface area (Å²) in [4.78, 5) is 18.2. The smallest absolute Gasteiger partial charge is 0.340 e. The number of hydrogen-bond acceptors (Lipinski definition) is 5. The number of hydrogen-bond donors (Lipinski definition) is 1. The number of alkyl halides is 3. The summed E-state index contributed by atoms with van der Waals surface area (Å²) >= 11 is 1.35. The Kier molecular flexibility index (Phi) is 4.40. The topological polar surface area (TPSA) is 72.2 Å². The van der Waals surface area contributed by atoms with E-state index in [1.807, 2.05) is 19.9 Å². The Morgan fingerprint density at radius 1 is 1.32 bits per heavy atom. The maximum Gasteiger partial charge on any atom is 0.408 e. The molecule has 1 N–H and O–H groups in total. The van der Waals surface area contributed by atoms with Crippen LogP contribution in [-0.4, -0.2) is 37.1 Å². The van der Waals surface area contributed by atoms with E-state index in [4.69, 9.17) is 0 Å². The van der Waals surface area contributed by atoms with Gasteiger partial charge >= 0.3 is 6.18 Å². The molecule has 0 radical (unpaired) electrons. The second-order valence-electron chi connectivity index (χ2n) is 7.11. The van der Waals surface area contributed by atoms with Crippen LogP contribution in [0.3, 0.4) is 0 Å². The standard InChI is InChI=1S/C18H18F3N5OS/c1-8-6-13(14-9(2)25-28-10(14)3)23-16-12(7-22-26(8)16)17(27)24-15(11-4-5-11)18(19,20)21/h6-7,11,15H,4-5H2,1-3H3,(H,24,27)/t15-/m0/s1. The number of rotatable bonds is 4. The number of aryl methyl sites for hydroxylation is 3. The molecule has 1 aliphatic rings. The quantitative estimate of drug-likeness (QED) is 0.711. The highest BCUT2D eigenvalue weighted by atomic mass is 32.1. The molecule has 1 atom stereocenters. The molecule has 148 valence electrons. The van der Waals surface area contributed by atoms with Gasteiger partial charge in [-0.05, 0) is 57.1 Å². The number of nitrogens with one attached hydrogen (secondary N) is 1. The van der Waals surface area contributed by atoms with Gasteiger partial charge in [-0.2, -0.15) is 22.6 Å². The molecule has 0 spiro atoms. The third-order valence-corrected chi connectivity index (χ3v) is 5.76. The Morgan fingerprint density at radius 3 is 2.61 bits per heavy atom. The van der Waals surface area contributed by atoms with E-state index in [1.54, 1.807) is 6.92 Å². The van der Waals surface area contributed by atoms with Crippen LogP contribution in [0.4, 0.5) is 13.2 Å². The molecule has 1 saturated carbocycles. The van der Waals surface area contributed by atoms with Gasteiger partial charge < -0.3 is 5.32 Å². The van der Waals surface area contributed by atoms with Crippen molar-refractivity contribution < 1.29 is 18.0 Å². The summed E-state index contributed by atoms with van der Waals surface area (Å²) in [6.07, 6.45) is -2.29. The average Bonchev–Trinajstić information content (AvgIpc) is 3.25. The van der Waals surface area contributed by atoms with Crippen LogP contribution in [0.5, 0.6) is 0 Å². The van der Waals surface area contributed by atoms with Gasteiger partial charge in [0, 0.05) is 16.1 Å². The lowest BCUT2D eigenvalue weighted by atomic mass is 10.1. The first kappa shape index (κ1) is 18.9. The van der Waals surface area contributed by atoms with E-state index in [2.05, 4.69) is 19.8 Å². The SMILES string of the molecule is Cc1nsc(C)c1-c1cc(C)n2ncc(C(=O)N[C@@H](C3CC3)C(F)(F)F)c2n1. The summed E-state index contributed by atoms with van der Waals surface area (Å²) in [5.74, 6) is -1.37. The van der Waals surface area contributed by atoms with Crippen LogP contribution < -0.4 is 5.32 Å². The molecule has 1 fully saturated rings. The number of aromatic nitrogens is 4.